The van der Waals surface area contributed by atoms with E-state index in [1.54, 1.807) is 6.92 Å². The van der Waals surface area contributed by atoms with Gasteiger partial charge < -0.3 is 26.0 Å². The van der Waals surface area contributed by atoms with Crippen LogP contribution in [0.3, 0.4) is 0 Å². The summed E-state index contributed by atoms with van der Waals surface area (Å²) in [5, 5.41) is 10.8. The van der Waals surface area contributed by atoms with E-state index < -0.39 is 12.1 Å². The molecule has 0 aromatic carbocycles. The number of esters is 1. The van der Waals surface area contributed by atoms with Crippen molar-refractivity contribution < 1.29 is 28.7 Å². The first-order valence-electron chi connectivity index (χ1n) is 10.1. The van der Waals surface area contributed by atoms with E-state index in [0.717, 1.165) is 5.57 Å². The van der Waals surface area contributed by atoms with Crippen molar-refractivity contribution in [2.45, 2.75) is 65.0 Å². The number of rotatable bonds is 12. The van der Waals surface area contributed by atoms with Crippen LogP contribution in [0, 0.1) is 0 Å². The molecule has 2 atom stereocenters. The SMILES string of the molecule is CC(=O)NCCCC1NC(=O)C(CCCNC(=O)C=C(C)CCOC(C)=O)NC1=O. The Morgan fingerprint density at radius 3 is 1.97 bits per heavy atom. The number of carbonyl (C=O) groups is 5. The van der Waals surface area contributed by atoms with Crippen molar-refractivity contribution in [1.82, 2.24) is 21.3 Å². The molecule has 10 heteroatoms. The van der Waals surface area contributed by atoms with Crippen LogP contribution in [0.15, 0.2) is 11.6 Å². The molecule has 0 radical (unpaired) electrons. The van der Waals surface area contributed by atoms with Crippen molar-refractivity contribution >= 4 is 29.6 Å². The van der Waals surface area contributed by atoms with Gasteiger partial charge in [-0.05, 0) is 32.6 Å². The smallest absolute Gasteiger partial charge is 0.302 e. The molecule has 2 unspecified atom stereocenters. The van der Waals surface area contributed by atoms with Gasteiger partial charge in [0, 0.05) is 39.4 Å². The average Bonchev–Trinajstić information content (AvgIpc) is 2.64. The van der Waals surface area contributed by atoms with Crippen LogP contribution in [0.1, 0.15) is 52.9 Å². The molecule has 4 N–H and O–H groups in total. The summed E-state index contributed by atoms with van der Waals surface area (Å²) in [6.07, 6.45) is 3.90. The molecule has 0 aliphatic carbocycles. The van der Waals surface area contributed by atoms with Gasteiger partial charge in [0.15, 0.2) is 0 Å². The topological polar surface area (TPSA) is 143 Å². The number of hydrogen-bond donors (Lipinski definition) is 4. The molecular weight excluding hydrogens is 392 g/mol. The Balaban J connectivity index is 2.25. The van der Waals surface area contributed by atoms with E-state index in [2.05, 4.69) is 21.3 Å². The molecule has 1 rings (SSSR count). The van der Waals surface area contributed by atoms with E-state index in [1.807, 2.05) is 0 Å². The summed E-state index contributed by atoms with van der Waals surface area (Å²) in [7, 11) is 0. The third-order valence-corrected chi connectivity index (χ3v) is 4.46. The quantitative estimate of drug-likeness (QED) is 0.192. The fraction of sp³-hybridized carbons (Fsp3) is 0.650. The summed E-state index contributed by atoms with van der Waals surface area (Å²) in [4.78, 5) is 57.7. The fourth-order valence-electron chi connectivity index (χ4n) is 2.87. The summed E-state index contributed by atoms with van der Waals surface area (Å²) >= 11 is 0. The molecule has 1 aliphatic rings. The van der Waals surface area contributed by atoms with E-state index in [9.17, 15) is 24.0 Å². The Morgan fingerprint density at radius 1 is 0.933 bits per heavy atom. The third kappa shape index (κ3) is 10.6. The summed E-state index contributed by atoms with van der Waals surface area (Å²) in [5.41, 5.74) is 0.789. The van der Waals surface area contributed by atoms with E-state index >= 15 is 0 Å². The predicted octanol–water partition coefficient (Wildman–Crippen LogP) is -0.318. The molecule has 1 fully saturated rings. The number of carbonyl (C=O) groups excluding carboxylic acids is 5. The second kappa shape index (κ2) is 13.3. The Morgan fingerprint density at radius 2 is 1.47 bits per heavy atom. The molecule has 1 aliphatic heterocycles. The second-order valence-electron chi connectivity index (χ2n) is 7.26. The van der Waals surface area contributed by atoms with Crippen LogP contribution < -0.4 is 21.3 Å². The van der Waals surface area contributed by atoms with Crippen LogP contribution in [-0.2, 0) is 28.7 Å². The van der Waals surface area contributed by atoms with Gasteiger partial charge in [-0.3, -0.25) is 24.0 Å². The lowest BCUT2D eigenvalue weighted by molar-refractivity contribution is -0.140. The van der Waals surface area contributed by atoms with Crippen molar-refractivity contribution in [1.29, 1.82) is 0 Å². The highest BCUT2D eigenvalue weighted by molar-refractivity contribution is 5.96. The fourth-order valence-corrected chi connectivity index (χ4v) is 2.87. The molecule has 0 spiro atoms. The highest BCUT2D eigenvalue weighted by Crippen LogP contribution is 2.08. The standard InChI is InChI=1S/C20H32N4O6/c1-13(8-11-30-15(3)26)12-18(27)22-10-5-7-17-20(29)23-16(19(28)24-17)6-4-9-21-14(2)25/h12,16-17H,4-11H2,1-3H3,(H,21,25)(H,22,27)(H,23,29)(H,24,28). The summed E-state index contributed by atoms with van der Waals surface area (Å²) in [6, 6.07) is -1.22. The first kappa shape index (κ1) is 25.1. The number of ether oxygens (including phenoxy) is 1. The van der Waals surface area contributed by atoms with E-state index in [4.69, 9.17) is 4.74 Å². The molecule has 1 saturated heterocycles. The van der Waals surface area contributed by atoms with Crippen LogP contribution in [-0.4, -0.2) is 61.4 Å². The van der Waals surface area contributed by atoms with Crippen molar-refractivity contribution in [3.05, 3.63) is 11.6 Å². The zero-order valence-electron chi connectivity index (χ0n) is 17.8. The number of amides is 4. The summed E-state index contributed by atoms with van der Waals surface area (Å²) < 4.78 is 4.82. The molecule has 0 aromatic heterocycles. The number of piperazine rings is 1. The lowest BCUT2D eigenvalue weighted by Crippen LogP contribution is -2.61. The average molecular weight is 424 g/mol. The maximum absolute atomic E-state index is 12.2. The molecule has 0 bridgehead atoms. The minimum Gasteiger partial charge on any atom is -0.466 e. The molecular formula is C20H32N4O6. The first-order chi connectivity index (χ1) is 14.2. The van der Waals surface area contributed by atoms with Gasteiger partial charge >= 0.3 is 5.97 Å². The van der Waals surface area contributed by atoms with Crippen molar-refractivity contribution in [3.8, 4) is 0 Å². The lowest BCUT2D eigenvalue weighted by atomic mass is 10.0. The van der Waals surface area contributed by atoms with E-state index in [0.29, 0.717) is 45.2 Å². The van der Waals surface area contributed by atoms with Crippen molar-refractivity contribution in [2.24, 2.45) is 0 Å². The molecule has 1 heterocycles. The molecule has 30 heavy (non-hydrogen) atoms. The molecule has 10 nitrogen and oxygen atoms in total. The van der Waals surface area contributed by atoms with Crippen LogP contribution in [0.2, 0.25) is 0 Å². The Kier molecular flexibility index (Phi) is 11.2. The Hall–Kier alpha value is -2.91. The van der Waals surface area contributed by atoms with Gasteiger partial charge in [0.2, 0.25) is 23.6 Å². The van der Waals surface area contributed by atoms with E-state index in [-0.39, 0.29) is 36.2 Å². The number of hydrogen-bond acceptors (Lipinski definition) is 6. The minimum atomic E-state index is -0.623. The third-order valence-electron chi connectivity index (χ3n) is 4.46. The van der Waals surface area contributed by atoms with Crippen molar-refractivity contribution in [2.75, 3.05) is 19.7 Å². The minimum absolute atomic E-state index is 0.132. The zero-order valence-corrected chi connectivity index (χ0v) is 17.8. The predicted molar refractivity (Wildman–Crippen MR) is 109 cm³/mol. The van der Waals surface area contributed by atoms with Gasteiger partial charge in [0.05, 0.1) is 6.61 Å². The van der Waals surface area contributed by atoms with Crippen LogP contribution in [0.4, 0.5) is 0 Å². The normalized spacial score (nSPS) is 18.8. The number of nitrogens with one attached hydrogen (secondary N) is 4. The van der Waals surface area contributed by atoms with Gasteiger partial charge in [-0.25, -0.2) is 0 Å². The monoisotopic (exact) mass is 424 g/mol. The Labute approximate surface area is 176 Å². The van der Waals surface area contributed by atoms with E-state index in [1.165, 1.54) is 19.9 Å². The van der Waals surface area contributed by atoms with Crippen molar-refractivity contribution in [3.63, 3.8) is 0 Å². The highest BCUT2D eigenvalue weighted by atomic mass is 16.5. The molecule has 168 valence electrons. The highest BCUT2D eigenvalue weighted by Gasteiger charge is 2.32. The first-order valence-corrected chi connectivity index (χ1v) is 10.1. The van der Waals surface area contributed by atoms with Crippen LogP contribution >= 0.6 is 0 Å². The van der Waals surface area contributed by atoms with Gasteiger partial charge in [0.25, 0.3) is 0 Å². The zero-order chi connectivity index (χ0) is 22.5. The Bertz CT molecular complexity index is 676. The van der Waals surface area contributed by atoms with Gasteiger partial charge in [-0.2, -0.15) is 0 Å². The largest absolute Gasteiger partial charge is 0.466 e. The second-order valence-corrected chi connectivity index (χ2v) is 7.26. The van der Waals surface area contributed by atoms with Gasteiger partial charge in [-0.15, -0.1) is 0 Å². The molecule has 4 amide bonds. The van der Waals surface area contributed by atoms with Gasteiger partial charge in [0.1, 0.15) is 12.1 Å². The van der Waals surface area contributed by atoms with Crippen LogP contribution in [0.5, 0.6) is 0 Å². The summed E-state index contributed by atoms with van der Waals surface area (Å²) in [6.45, 7) is 5.58. The summed E-state index contributed by atoms with van der Waals surface area (Å²) in [5.74, 6) is -1.23. The van der Waals surface area contributed by atoms with Crippen LogP contribution in [0.25, 0.3) is 0 Å². The molecule has 0 saturated carbocycles. The lowest BCUT2D eigenvalue weighted by Gasteiger charge is -2.29. The van der Waals surface area contributed by atoms with Gasteiger partial charge in [-0.1, -0.05) is 5.57 Å². The maximum atomic E-state index is 12.2. The maximum Gasteiger partial charge on any atom is 0.302 e. The molecule has 0 aromatic rings.